The predicted molar refractivity (Wildman–Crippen MR) is 91.2 cm³/mol. The molecular weight excluding hydrogens is 342 g/mol. The van der Waals surface area contributed by atoms with Gasteiger partial charge in [0.25, 0.3) is 5.91 Å². The maximum Gasteiger partial charge on any atom is 0.264 e. The molecule has 118 valence electrons. The zero-order valence-corrected chi connectivity index (χ0v) is 14.6. The van der Waals surface area contributed by atoms with E-state index in [1.807, 2.05) is 6.92 Å². The number of thioether (sulfide) groups is 1. The summed E-state index contributed by atoms with van der Waals surface area (Å²) in [6.45, 7) is 3.90. The largest absolute Gasteiger partial charge is 0.483 e. The van der Waals surface area contributed by atoms with Gasteiger partial charge in [0.05, 0.1) is 0 Å². The number of nitrogens with zero attached hydrogens (tertiary/aromatic N) is 2. The number of aromatic nitrogens is 2. The molecule has 1 N–H and O–H groups in total. The number of halogens is 1. The summed E-state index contributed by atoms with van der Waals surface area (Å²) in [5.74, 6) is 1.36. The van der Waals surface area contributed by atoms with E-state index in [0.717, 1.165) is 22.1 Å². The topological polar surface area (TPSA) is 64.1 Å². The minimum Gasteiger partial charge on any atom is -0.483 e. The summed E-state index contributed by atoms with van der Waals surface area (Å²) >= 11 is 8.87. The summed E-state index contributed by atoms with van der Waals surface area (Å²) in [4.78, 5) is 11.9. The molecule has 0 atom stereocenters. The number of amides is 1. The molecule has 1 aromatic heterocycles. The second-order valence-electron chi connectivity index (χ2n) is 4.47. The van der Waals surface area contributed by atoms with Gasteiger partial charge in [-0.1, -0.05) is 41.6 Å². The Bertz CT molecular complexity index is 649. The quantitative estimate of drug-likeness (QED) is 0.599. The van der Waals surface area contributed by atoms with Gasteiger partial charge in [0.2, 0.25) is 5.13 Å². The zero-order chi connectivity index (χ0) is 15.9. The third-order valence-corrected chi connectivity index (χ3v) is 4.99. The van der Waals surface area contributed by atoms with Gasteiger partial charge in [-0.25, -0.2) is 0 Å². The average Bonchev–Trinajstić information content (AvgIpc) is 2.91. The lowest BCUT2D eigenvalue weighted by Crippen LogP contribution is -2.20. The van der Waals surface area contributed by atoms with Crippen molar-refractivity contribution in [2.75, 3.05) is 17.7 Å². The van der Waals surface area contributed by atoms with E-state index in [1.165, 1.54) is 11.3 Å². The number of anilines is 1. The number of ether oxygens (including phenoxy) is 1. The standard InChI is InChI=1S/C14H16ClN3O2S2/c1-3-6-21-14-18-17-13(22-14)16-12(19)8-20-11-5-4-10(15)7-9(11)2/h4-5,7H,3,6,8H2,1-2H3,(H,16,17,19). The van der Waals surface area contributed by atoms with Crippen molar-refractivity contribution in [3.8, 4) is 5.75 Å². The van der Waals surface area contributed by atoms with Crippen molar-refractivity contribution in [3.05, 3.63) is 28.8 Å². The van der Waals surface area contributed by atoms with E-state index in [2.05, 4.69) is 22.4 Å². The third-order valence-electron chi connectivity index (χ3n) is 2.58. The van der Waals surface area contributed by atoms with Gasteiger partial charge in [-0.3, -0.25) is 10.1 Å². The Morgan fingerprint density at radius 3 is 3.00 bits per heavy atom. The Balaban J connectivity index is 1.83. The van der Waals surface area contributed by atoms with E-state index < -0.39 is 0 Å². The first-order valence-corrected chi connectivity index (χ1v) is 8.91. The third kappa shape index (κ3) is 5.15. The zero-order valence-electron chi connectivity index (χ0n) is 12.3. The van der Waals surface area contributed by atoms with Crippen LogP contribution in [0.4, 0.5) is 5.13 Å². The van der Waals surface area contributed by atoms with Crippen LogP contribution in [0.1, 0.15) is 18.9 Å². The number of hydrogen-bond acceptors (Lipinski definition) is 6. The summed E-state index contributed by atoms with van der Waals surface area (Å²) < 4.78 is 6.33. The first-order chi connectivity index (χ1) is 10.6. The first kappa shape index (κ1) is 17.1. The monoisotopic (exact) mass is 357 g/mol. The lowest BCUT2D eigenvalue weighted by molar-refractivity contribution is -0.118. The van der Waals surface area contributed by atoms with Gasteiger partial charge in [-0.05, 0) is 37.1 Å². The smallest absolute Gasteiger partial charge is 0.264 e. The van der Waals surface area contributed by atoms with Gasteiger partial charge < -0.3 is 4.74 Å². The number of carbonyl (C=O) groups excluding carboxylic acids is 1. The highest BCUT2D eigenvalue weighted by atomic mass is 35.5. The number of aryl methyl sites for hydroxylation is 1. The van der Waals surface area contributed by atoms with Crippen LogP contribution in [0.2, 0.25) is 5.02 Å². The van der Waals surface area contributed by atoms with Crippen molar-refractivity contribution in [2.45, 2.75) is 24.6 Å². The number of hydrogen-bond donors (Lipinski definition) is 1. The second kappa shape index (κ2) is 8.36. The van der Waals surface area contributed by atoms with Crippen LogP contribution in [-0.4, -0.2) is 28.5 Å². The molecule has 0 unspecified atom stereocenters. The Kier molecular flexibility index (Phi) is 6.48. The molecule has 0 bridgehead atoms. The highest BCUT2D eigenvalue weighted by molar-refractivity contribution is 8.01. The predicted octanol–water partition coefficient (Wildman–Crippen LogP) is 4.02. The van der Waals surface area contributed by atoms with Crippen LogP contribution in [-0.2, 0) is 4.79 Å². The van der Waals surface area contributed by atoms with E-state index in [1.54, 1.807) is 30.0 Å². The molecule has 0 saturated heterocycles. The van der Waals surface area contributed by atoms with Crippen molar-refractivity contribution in [2.24, 2.45) is 0 Å². The number of rotatable bonds is 7. The van der Waals surface area contributed by atoms with Crippen molar-refractivity contribution >= 4 is 45.7 Å². The van der Waals surface area contributed by atoms with Crippen LogP contribution in [0, 0.1) is 6.92 Å². The van der Waals surface area contributed by atoms with Crippen molar-refractivity contribution < 1.29 is 9.53 Å². The fourth-order valence-corrected chi connectivity index (χ4v) is 3.50. The minimum absolute atomic E-state index is 0.0838. The van der Waals surface area contributed by atoms with Crippen molar-refractivity contribution in [1.29, 1.82) is 0 Å². The molecule has 2 rings (SSSR count). The summed E-state index contributed by atoms with van der Waals surface area (Å²) in [5, 5.41) is 11.8. The lowest BCUT2D eigenvalue weighted by atomic mass is 10.2. The maximum absolute atomic E-state index is 11.9. The highest BCUT2D eigenvalue weighted by Crippen LogP contribution is 2.26. The summed E-state index contributed by atoms with van der Waals surface area (Å²) in [5.41, 5.74) is 0.884. The Hall–Kier alpha value is -1.31. The van der Waals surface area contributed by atoms with Crippen molar-refractivity contribution in [3.63, 3.8) is 0 Å². The normalized spacial score (nSPS) is 10.5. The van der Waals surface area contributed by atoms with Crippen LogP contribution in [0.5, 0.6) is 5.75 Å². The van der Waals surface area contributed by atoms with Crippen molar-refractivity contribution in [1.82, 2.24) is 10.2 Å². The molecule has 1 aromatic carbocycles. The molecule has 22 heavy (non-hydrogen) atoms. The Morgan fingerprint density at radius 2 is 2.27 bits per heavy atom. The van der Waals surface area contributed by atoms with Gasteiger partial charge in [0.15, 0.2) is 10.9 Å². The minimum atomic E-state index is -0.266. The highest BCUT2D eigenvalue weighted by Gasteiger charge is 2.10. The van der Waals surface area contributed by atoms with Crippen LogP contribution < -0.4 is 10.1 Å². The molecule has 0 saturated carbocycles. The van der Waals surface area contributed by atoms with E-state index in [-0.39, 0.29) is 12.5 Å². The number of nitrogens with one attached hydrogen (secondary N) is 1. The Labute approximate surface area is 142 Å². The summed E-state index contributed by atoms with van der Waals surface area (Å²) in [6, 6.07) is 5.26. The summed E-state index contributed by atoms with van der Waals surface area (Å²) in [7, 11) is 0. The first-order valence-electron chi connectivity index (χ1n) is 6.73. The summed E-state index contributed by atoms with van der Waals surface area (Å²) in [6.07, 6.45) is 1.07. The molecule has 8 heteroatoms. The molecule has 1 amide bonds. The fraction of sp³-hybridized carbons (Fsp3) is 0.357. The average molecular weight is 358 g/mol. The van der Waals surface area contributed by atoms with E-state index >= 15 is 0 Å². The van der Waals surface area contributed by atoms with Crippen LogP contribution in [0.15, 0.2) is 22.5 Å². The van der Waals surface area contributed by atoms with Gasteiger partial charge in [0.1, 0.15) is 5.75 Å². The molecule has 0 fully saturated rings. The number of carbonyl (C=O) groups is 1. The van der Waals surface area contributed by atoms with Crippen LogP contribution >= 0.6 is 34.7 Å². The molecule has 1 heterocycles. The van der Waals surface area contributed by atoms with Gasteiger partial charge >= 0.3 is 0 Å². The lowest BCUT2D eigenvalue weighted by Gasteiger charge is -2.08. The fourth-order valence-electron chi connectivity index (χ4n) is 1.58. The van der Waals surface area contributed by atoms with E-state index in [4.69, 9.17) is 16.3 Å². The molecular formula is C14H16ClN3O2S2. The Morgan fingerprint density at radius 1 is 1.45 bits per heavy atom. The van der Waals surface area contributed by atoms with Crippen LogP contribution in [0.25, 0.3) is 0 Å². The molecule has 0 radical (unpaired) electrons. The maximum atomic E-state index is 11.9. The van der Waals surface area contributed by atoms with Gasteiger partial charge in [0, 0.05) is 10.8 Å². The molecule has 0 aliphatic rings. The molecule has 0 spiro atoms. The molecule has 5 nitrogen and oxygen atoms in total. The molecule has 0 aliphatic carbocycles. The SMILES string of the molecule is CCCSc1nnc(NC(=O)COc2ccc(Cl)cc2C)s1. The van der Waals surface area contributed by atoms with Gasteiger partial charge in [-0.2, -0.15) is 0 Å². The molecule has 2 aromatic rings. The van der Waals surface area contributed by atoms with E-state index in [9.17, 15) is 4.79 Å². The second-order valence-corrected chi connectivity index (χ2v) is 7.22. The van der Waals surface area contributed by atoms with E-state index in [0.29, 0.717) is 15.9 Å². The number of benzene rings is 1. The molecule has 0 aliphatic heterocycles. The van der Waals surface area contributed by atoms with Crippen LogP contribution in [0.3, 0.4) is 0 Å². The van der Waals surface area contributed by atoms with Gasteiger partial charge in [-0.15, -0.1) is 10.2 Å².